The highest BCUT2D eigenvalue weighted by molar-refractivity contribution is 7.09. The lowest BCUT2D eigenvalue weighted by Gasteiger charge is -2.33. The number of ether oxygens (including phenoxy) is 1. The molecule has 0 saturated carbocycles. The molecule has 0 spiro atoms. The smallest absolute Gasteiger partial charge is 0.409 e. The van der Waals surface area contributed by atoms with Crippen LogP contribution in [-0.4, -0.2) is 53.7 Å². The second-order valence-electron chi connectivity index (χ2n) is 5.64. The molecular formula is C17H21N3O3S. The van der Waals surface area contributed by atoms with Crippen LogP contribution >= 0.6 is 11.3 Å². The van der Waals surface area contributed by atoms with Crippen molar-refractivity contribution < 1.29 is 9.53 Å². The monoisotopic (exact) mass is 347 g/mol. The highest BCUT2D eigenvalue weighted by Crippen LogP contribution is 2.24. The van der Waals surface area contributed by atoms with Crippen molar-refractivity contribution in [3.63, 3.8) is 0 Å². The molecule has 1 amide bonds. The Morgan fingerprint density at radius 1 is 1.21 bits per heavy atom. The van der Waals surface area contributed by atoms with Gasteiger partial charge in [-0.25, -0.2) is 4.79 Å². The van der Waals surface area contributed by atoms with E-state index < -0.39 is 0 Å². The number of amides is 1. The average Bonchev–Trinajstić information content (AvgIpc) is 2.97. The molecule has 1 N–H and O–H groups in total. The van der Waals surface area contributed by atoms with E-state index in [2.05, 4.69) is 9.88 Å². The summed E-state index contributed by atoms with van der Waals surface area (Å²) in [6, 6.07) is 9.89. The predicted octanol–water partition coefficient (Wildman–Crippen LogP) is 2.38. The van der Waals surface area contributed by atoms with Crippen molar-refractivity contribution in [1.82, 2.24) is 14.8 Å². The number of H-pyrrole nitrogens is 1. The Hall–Kier alpha value is -2.12. The van der Waals surface area contributed by atoms with Crippen LogP contribution in [0, 0.1) is 0 Å². The molecule has 7 heteroatoms. The van der Waals surface area contributed by atoms with E-state index in [0.717, 1.165) is 29.2 Å². The van der Waals surface area contributed by atoms with Gasteiger partial charge in [-0.15, -0.1) is 0 Å². The molecule has 0 unspecified atom stereocenters. The lowest BCUT2D eigenvalue weighted by Crippen LogP contribution is -2.48. The number of benzene rings is 1. The van der Waals surface area contributed by atoms with Crippen molar-refractivity contribution in [3.05, 3.63) is 44.9 Å². The van der Waals surface area contributed by atoms with Crippen LogP contribution in [0.5, 0.6) is 0 Å². The summed E-state index contributed by atoms with van der Waals surface area (Å²) in [5, 5.41) is 0. The summed E-state index contributed by atoms with van der Waals surface area (Å²) in [7, 11) is 0. The van der Waals surface area contributed by atoms with Crippen molar-refractivity contribution in [1.29, 1.82) is 0 Å². The maximum atomic E-state index is 11.8. The summed E-state index contributed by atoms with van der Waals surface area (Å²) in [4.78, 5) is 31.5. The molecule has 1 saturated heterocycles. The molecule has 1 aromatic heterocycles. The van der Waals surface area contributed by atoms with Gasteiger partial charge < -0.3 is 14.6 Å². The fourth-order valence-corrected chi connectivity index (χ4v) is 3.71. The van der Waals surface area contributed by atoms with Crippen molar-refractivity contribution in [2.45, 2.75) is 13.5 Å². The van der Waals surface area contributed by atoms with Crippen molar-refractivity contribution in [2.24, 2.45) is 0 Å². The molecule has 1 aromatic carbocycles. The highest BCUT2D eigenvalue weighted by Gasteiger charge is 2.23. The third-order valence-electron chi connectivity index (χ3n) is 4.05. The van der Waals surface area contributed by atoms with Crippen LogP contribution in [0.1, 0.15) is 11.8 Å². The van der Waals surface area contributed by atoms with Crippen LogP contribution in [0.25, 0.3) is 11.3 Å². The minimum atomic E-state index is -0.242. The number of rotatable bonds is 4. The minimum Gasteiger partial charge on any atom is -0.450 e. The first-order chi connectivity index (χ1) is 11.7. The number of nitrogens with zero attached hydrogens (tertiary/aromatic N) is 2. The fraction of sp³-hybridized carbons (Fsp3) is 0.412. The number of thiazole rings is 1. The van der Waals surface area contributed by atoms with E-state index in [-0.39, 0.29) is 11.0 Å². The highest BCUT2D eigenvalue weighted by atomic mass is 32.1. The second-order valence-corrected chi connectivity index (χ2v) is 6.71. The number of hydrogen-bond acceptors (Lipinski definition) is 5. The molecular weight excluding hydrogens is 326 g/mol. The summed E-state index contributed by atoms with van der Waals surface area (Å²) in [6.07, 6.45) is -0.242. The van der Waals surface area contributed by atoms with Gasteiger partial charge in [0.2, 0.25) is 0 Å². The molecule has 6 nitrogen and oxygen atoms in total. The summed E-state index contributed by atoms with van der Waals surface area (Å²) in [5.74, 6) is 0. The minimum absolute atomic E-state index is 0.0333. The van der Waals surface area contributed by atoms with Crippen LogP contribution in [0.2, 0.25) is 0 Å². The van der Waals surface area contributed by atoms with Crippen LogP contribution in [0.4, 0.5) is 4.79 Å². The first kappa shape index (κ1) is 16.7. The predicted molar refractivity (Wildman–Crippen MR) is 94.2 cm³/mol. The van der Waals surface area contributed by atoms with Crippen molar-refractivity contribution >= 4 is 17.4 Å². The first-order valence-corrected chi connectivity index (χ1v) is 8.90. The molecule has 2 heterocycles. The number of carbonyl (C=O) groups excluding carboxylic acids is 1. The topological polar surface area (TPSA) is 65.6 Å². The zero-order valence-electron chi connectivity index (χ0n) is 13.7. The van der Waals surface area contributed by atoms with Gasteiger partial charge in [0, 0.05) is 37.6 Å². The fourth-order valence-electron chi connectivity index (χ4n) is 2.82. The number of aromatic amines is 1. The SMILES string of the molecule is CCOC(=O)N1CCN(Cc2sc(=O)[nH]c2-c2ccccc2)CC1. The Morgan fingerprint density at radius 3 is 2.58 bits per heavy atom. The van der Waals surface area contributed by atoms with Gasteiger partial charge in [0.1, 0.15) is 0 Å². The van der Waals surface area contributed by atoms with E-state index in [1.54, 1.807) is 4.90 Å². The molecule has 0 aliphatic carbocycles. The van der Waals surface area contributed by atoms with Gasteiger partial charge in [-0.3, -0.25) is 9.69 Å². The Morgan fingerprint density at radius 2 is 1.92 bits per heavy atom. The van der Waals surface area contributed by atoms with Gasteiger partial charge in [0.15, 0.2) is 0 Å². The summed E-state index contributed by atoms with van der Waals surface area (Å²) in [6.45, 7) is 5.78. The van der Waals surface area contributed by atoms with Crippen molar-refractivity contribution in [2.75, 3.05) is 32.8 Å². The third kappa shape index (κ3) is 3.85. The van der Waals surface area contributed by atoms with Gasteiger partial charge in [0.05, 0.1) is 12.3 Å². The third-order valence-corrected chi connectivity index (χ3v) is 4.92. The lowest BCUT2D eigenvalue weighted by atomic mass is 10.1. The maximum Gasteiger partial charge on any atom is 0.409 e. The van der Waals surface area contributed by atoms with Gasteiger partial charge in [0.25, 0.3) is 0 Å². The first-order valence-electron chi connectivity index (χ1n) is 8.09. The quantitative estimate of drug-likeness (QED) is 0.922. The number of aromatic nitrogens is 1. The summed E-state index contributed by atoms with van der Waals surface area (Å²) < 4.78 is 5.04. The van der Waals surface area contributed by atoms with E-state index in [4.69, 9.17) is 4.74 Å². The van der Waals surface area contributed by atoms with Crippen LogP contribution in [0.3, 0.4) is 0 Å². The van der Waals surface area contributed by atoms with Gasteiger partial charge in [-0.1, -0.05) is 41.7 Å². The van der Waals surface area contributed by atoms with Crippen LogP contribution in [0.15, 0.2) is 35.1 Å². The number of hydrogen-bond donors (Lipinski definition) is 1. The van der Waals surface area contributed by atoms with Crippen LogP contribution < -0.4 is 4.87 Å². The average molecular weight is 347 g/mol. The van der Waals surface area contributed by atoms with Gasteiger partial charge >= 0.3 is 11.0 Å². The standard InChI is InChI=1S/C17H21N3O3S/c1-2-23-17(22)20-10-8-19(9-11-20)12-14-15(18-16(21)24-14)13-6-4-3-5-7-13/h3-7H,2,8-12H2,1H3,(H,18,21). The van der Waals surface area contributed by atoms with E-state index in [1.807, 2.05) is 37.3 Å². The normalized spacial score (nSPS) is 15.5. The van der Waals surface area contributed by atoms with Crippen LogP contribution in [-0.2, 0) is 11.3 Å². The second kappa shape index (κ2) is 7.63. The molecule has 3 rings (SSSR count). The maximum absolute atomic E-state index is 11.8. The molecule has 2 aromatic rings. The number of nitrogens with one attached hydrogen (secondary N) is 1. The zero-order chi connectivity index (χ0) is 16.9. The molecule has 0 radical (unpaired) electrons. The number of carbonyl (C=O) groups is 1. The van der Waals surface area contributed by atoms with E-state index >= 15 is 0 Å². The molecule has 1 fully saturated rings. The molecule has 0 bridgehead atoms. The summed E-state index contributed by atoms with van der Waals surface area (Å²) >= 11 is 1.26. The molecule has 24 heavy (non-hydrogen) atoms. The zero-order valence-corrected chi connectivity index (χ0v) is 14.5. The molecule has 1 aliphatic rings. The molecule has 0 atom stereocenters. The molecule has 1 aliphatic heterocycles. The Kier molecular flexibility index (Phi) is 5.32. The summed E-state index contributed by atoms with van der Waals surface area (Å²) in [5.41, 5.74) is 1.93. The lowest BCUT2D eigenvalue weighted by molar-refractivity contribution is 0.0781. The Balaban J connectivity index is 1.66. The largest absolute Gasteiger partial charge is 0.450 e. The molecule has 128 valence electrons. The van der Waals surface area contributed by atoms with E-state index in [9.17, 15) is 9.59 Å². The van der Waals surface area contributed by atoms with E-state index in [1.165, 1.54) is 11.3 Å². The van der Waals surface area contributed by atoms with E-state index in [0.29, 0.717) is 26.2 Å². The van der Waals surface area contributed by atoms with Gasteiger partial charge in [-0.05, 0) is 12.5 Å². The van der Waals surface area contributed by atoms with Crippen molar-refractivity contribution in [3.8, 4) is 11.3 Å². The van der Waals surface area contributed by atoms with Gasteiger partial charge in [-0.2, -0.15) is 0 Å². The Bertz CT molecular complexity index is 733. The number of piperazine rings is 1. The Labute approximate surface area is 144 Å².